The van der Waals surface area contributed by atoms with Crippen LogP contribution < -0.4 is 0 Å². The van der Waals surface area contributed by atoms with Crippen LogP contribution in [0.5, 0.6) is 0 Å². The van der Waals surface area contributed by atoms with Crippen LogP contribution in [0, 0.1) is 0 Å². The summed E-state index contributed by atoms with van der Waals surface area (Å²) in [6, 6.07) is 0. The van der Waals surface area contributed by atoms with Crippen LogP contribution in [-0.4, -0.2) is 0 Å². The third-order valence-corrected chi connectivity index (χ3v) is 3.03. The summed E-state index contributed by atoms with van der Waals surface area (Å²) in [4.78, 5) is 0. The van der Waals surface area contributed by atoms with Crippen molar-refractivity contribution in [1.82, 2.24) is 0 Å². The van der Waals surface area contributed by atoms with Gasteiger partial charge in [0.15, 0.2) is 0 Å². The van der Waals surface area contributed by atoms with Gasteiger partial charge in [0, 0.05) is 0 Å². The largest absolute Gasteiger partial charge is 0.0888 e. The lowest BCUT2D eigenvalue weighted by Gasteiger charge is -1.98. The molecular formula is C17H32. The molecule has 0 aromatic rings. The molecule has 0 rings (SSSR count). The van der Waals surface area contributed by atoms with Crippen molar-refractivity contribution in [2.75, 3.05) is 0 Å². The van der Waals surface area contributed by atoms with Gasteiger partial charge in [0.05, 0.1) is 0 Å². The Hall–Kier alpha value is -0.520. The van der Waals surface area contributed by atoms with E-state index in [1.165, 1.54) is 70.6 Å². The summed E-state index contributed by atoms with van der Waals surface area (Å²) in [6.45, 7) is 4.45. The van der Waals surface area contributed by atoms with Crippen molar-refractivity contribution in [2.24, 2.45) is 0 Å². The highest BCUT2D eigenvalue weighted by molar-refractivity contribution is 4.81. The van der Waals surface area contributed by atoms with Crippen molar-refractivity contribution >= 4 is 0 Å². The molecule has 0 atom stereocenters. The molecular weight excluding hydrogens is 204 g/mol. The predicted molar refractivity (Wildman–Crippen MR) is 80.4 cm³/mol. The van der Waals surface area contributed by atoms with Gasteiger partial charge in [-0.25, -0.2) is 0 Å². The van der Waals surface area contributed by atoms with Gasteiger partial charge >= 0.3 is 0 Å². The molecule has 0 aromatic heterocycles. The third-order valence-electron chi connectivity index (χ3n) is 3.03. The Morgan fingerprint density at radius 3 is 1.53 bits per heavy atom. The molecule has 0 bridgehead atoms. The molecule has 0 aromatic carbocycles. The maximum absolute atomic E-state index is 2.37. The number of unbranched alkanes of at least 4 members (excludes halogenated alkanes) is 8. The van der Waals surface area contributed by atoms with E-state index in [0.29, 0.717) is 0 Å². The number of rotatable bonds is 12. The zero-order chi connectivity index (χ0) is 12.6. The van der Waals surface area contributed by atoms with Gasteiger partial charge in [0.1, 0.15) is 0 Å². The van der Waals surface area contributed by atoms with E-state index < -0.39 is 0 Å². The molecule has 0 heterocycles. The number of allylic oxidation sites excluding steroid dienone is 4. The van der Waals surface area contributed by atoms with Crippen LogP contribution in [0.1, 0.15) is 84.5 Å². The van der Waals surface area contributed by atoms with Gasteiger partial charge in [0.2, 0.25) is 0 Å². The van der Waals surface area contributed by atoms with Gasteiger partial charge < -0.3 is 0 Å². The average Bonchev–Trinajstić information content (AvgIpc) is 2.35. The minimum Gasteiger partial charge on any atom is -0.0888 e. The minimum absolute atomic E-state index is 1.18. The van der Waals surface area contributed by atoms with Crippen LogP contribution in [0.25, 0.3) is 0 Å². The Morgan fingerprint density at radius 1 is 0.529 bits per heavy atom. The quantitative estimate of drug-likeness (QED) is 0.270. The highest BCUT2D eigenvalue weighted by atomic mass is 13.9. The lowest BCUT2D eigenvalue weighted by Crippen LogP contribution is -1.78. The zero-order valence-corrected chi connectivity index (χ0v) is 12.1. The first-order valence-corrected chi connectivity index (χ1v) is 7.71. The van der Waals surface area contributed by atoms with Gasteiger partial charge in [0.25, 0.3) is 0 Å². The lowest BCUT2D eigenvalue weighted by atomic mass is 10.1. The van der Waals surface area contributed by atoms with E-state index in [2.05, 4.69) is 38.2 Å². The SMILES string of the molecule is CCC=CCCCCCCCC=CCCCC. The summed E-state index contributed by atoms with van der Waals surface area (Å²) in [7, 11) is 0. The van der Waals surface area contributed by atoms with Gasteiger partial charge in [-0.3, -0.25) is 0 Å². The molecule has 0 spiro atoms. The Kier molecular flexibility index (Phi) is 15.0. The standard InChI is InChI=1S/C17H32/c1-3-5-7-9-11-13-15-17-16-14-12-10-8-6-4-2/h5,7,10,12H,3-4,6,8-9,11,13-17H2,1-2H3. The molecule has 17 heavy (non-hydrogen) atoms. The van der Waals surface area contributed by atoms with Gasteiger partial charge in [-0.2, -0.15) is 0 Å². The highest BCUT2D eigenvalue weighted by Crippen LogP contribution is 2.08. The summed E-state index contributed by atoms with van der Waals surface area (Å²) < 4.78 is 0. The fraction of sp³-hybridized carbons (Fsp3) is 0.765. The predicted octanol–water partition coefficient (Wildman–Crippen LogP) is 6.43. The van der Waals surface area contributed by atoms with Crippen molar-refractivity contribution in [3.05, 3.63) is 24.3 Å². The number of hydrogen-bond acceptors (Lipinski definition) is 0. The van der Waals surface area contributed by atoms with Crippen molar-refractivity contribution < 1.29 is 0 Å². The molecule has 0 fully saturated rings. The molecule has 0 aliphatic rings. The van der Waals surface area contributed by atoms with Gasteiger partial charge in [-0.05, 0) is 38.5 Å². The maximum Gasteiger partial charge on any atom is -0.0351 e. The average molecular weight is 236 g/mol. The van der Waals surface area contributed by atoms with E-state index >= 15 is 0 Å². The van der Waals surface area contributed by atoms with Gasteiger partial charge in [-0.1, -0.05) is 70.3 Å². The Morgan fingerprint density at radius 2 is 1.00 bits per heavy atom. The zero-order valence-electron chi connectivity index (χ0n) is 12.1. The van der Waals surface area contributed by atoms with Crippen LogP contribution >= 0.6 is 0 Å². The van der Waals surface area contributed by atoms with Gasteiger partial charge in [-0.15, -0.1) is 0 Å². The molecule has 0 saturated heterocycles. The summed E-state index contributed by atoms with van der Waals surface area (Å²) in [5, 5.41) is 0. The van der Waals surface area contributed by atoms with E-state index in [4.69, 9.17) is 0 Å². The second kappa shape index (κ2) is 15.5. The smallest absolute Gasteiger partial charge is 0.0351 e. The summed E-state index contributed by atoms with van der Waals surface area (Å²) >= 11 is 0. The fourth-order valence-corrected chi connectivity index (χ4v) is 1.90. The molecule has 0 nitrogen and oxygen atoms in total. The molecule has 0 saturated carbocycles. The Balaban J connectivity index is 3.03. The van der Waals surface area contributed by atoms with E-state index in [9.17, 15) is 0 Å². The van der Waals surface area contributed by atoms with Crippen LogP contribution in [0.4, 0.5) is 0 Å². The minimum atomic E-state index is 1.18. The molecule has 0 heteroatoms. The van der Waals surface area contributed by atoms with Crippen molar-refractivity contribution in [1.29, 1.82) is 0 Å². The van der Waals surface area contributed by atoms with Crippen molar-refractivity contribution in [2.45, 2.75) is 84.5 Å². The Bertz CT molecular complexity index is 176. The molecule has 0 aliphatic heterocycles. The molecule has 100 valence electrons. The van der Waals surface area contributed by atoms with Crippen molar-refractivity contribution in [3.8, 4) is 0 Å². The lowest BCUT2D eigenvalue weighted by molar-refractivity contribution is 0.621. The highest BCUT2D eigenvalue weighted by Gasteiger charge is 1.88. The third kappa shape index (κ3) is 15.5. The van der Waals surface area contributed by atoms with Crippen LogP contribution in [0.2, 0.25) is 0 Å². The molecule has 0 aliphatic carbocycles. The second-order valence-electron chi connectivity index (χ2n) is 4.84. The van der Waals surface area contributed by atoms with E-state index in [1.54, 1.807) is 0 Å². The maximum atomic E-state index is 2.37. The first-order chi connectivity index (χ1) is 8.41. The fourth-order valence-electron chi connectivity index (χ4n) is 1.90. The summed E-state index contributed by atoms with van der Waals surface area (Å²) in [5.74, 6) is 0. The van der Waals surface area contributed by atoms with Crippen LogP contribution in [0.3, 0.4) is 0 Å². The Labute approximate surface area is 109 Å². The van der Waals surface area contributed by atoms with E-state index in [1.807, 2.05) is 0 Å². The second-order valence-corrected chi connectivity index (χ2v) is 4.84. The van der Waals surface area contributed by atoms with Crippen LogP contribution in [0.15, 0.2) is 24.3 Å². The molecule has 0 amide bonds. The molecule has 0 N–H and O–H groups in total. The molecule has 0 unspecified atom stereocenters. The summed E-state index contributed by atoms with van der Waals surface area (Å²) in [6.07, 6.45) is 24.0. The summed E-state index contributed by atoms with van der Waals surface area (Å²) in [5.41, 5.74) is 0. The van der Waals surface area contributed by atoms with Crippen LogP contribution in [-0.2, 0) is 0 Å². The first kappa shape index (κ1) is 16.5. The van der Waals surface area contributed by atoms with E-state index in [-0.39, 0.29) is 0 Å². The van der Waals surface area contributed by atoms with Crippen molar-refractivity contribution in [3.63, 3.8) is 0 Å². The monoisotopic (exact) mass is 236 g/mol. The topological polar surface area (TPSA) is 0 Å². The normalized spacial score (nSPS) is 11.9. The number of hydrogen-bond donors (Lipinski definition) is 0. The van der Waals surface area contributed by atoms with E-state index in [0.717, 1.165) is 0 Å². The molecule has 0 radical (unpaired) electrons. The first-order valence-electron chi connectivity index (χ1n) is 7.71.